The summed E-state index contributed by atoms with van der Waals surface area (Å²) in [7, 11) is 0. The fourth-order valence-electron chi connectivity index (χ4n) is 4.83. The zero-order chi connectivity index (χ0) is 26.6. The van der Waals surface area contributed by atoms with Gasteiger partial charge in [-0.05, 0) is 53.5 Å². The van der Waals surface area contributed by atoms with Crippen molar-refractivity contribution in [1.29, 1.82) is 0 Å². The molecule has 5 heteroatoms. The van der Waals surface area contributed by atoms with Crippen LogP contribution in [-0.2, 0) is 24.0 Å². The molecule has 0 N–H and O–H groups in total. The predicted octanol–water partition coefficient (Wildman–Crippen LogP) is 9.17. The summed E-state index contributed by atoms with van der Waals surface area (Å²) in [4.78, 5) is 0. The Bertz CT molecular complexity index is 1410. The lowest BCUT2D eigenvalue weighted by atomic mass is 9.96. The number of aryl methyl sites for hydroxylation is 3. The molecule has 0 spiro atoms. The molecule has 1 atom stereocenters. The number of halogens is 4. The first kappa shape index (κ1) is 26.2. The van der Waals surface area contributed by atoms with E-state index in [0.29, 0.717) is 36.1 Å². The number of epoxide rings is 1. The van der Waals surface area contributed by atoms with Gasteiger partial charge in [-0.1, -0.05) is 92.6 Å². The number of hydrogen-bond donors (Lipinski definition) is 0. The summed E-state index contributed by atoms with van der Waals surface area (Å²) in [5, 5.41) is 0. The lowest BCUT2D eigenvalue weighted by Crippen LogP contribution is -2.00. The van der Waals surface area contributed by atoms with E-state index in [4.69, 9.17) is 4.74 Å². The van der Waals surface area contributed by atoms with Crippen LogP contribution >= 0.6 is 0 Å². The van der Waals surface area contributed by atoms with Crippen molar-refractivity contribution < 1.29 is 22.3 Å². The van der Waals surface area contributed by atoms with Gasteiger partial charge in [0.2, 0.25) is 0 Å². The Balaban J connectivity index is 1.27. The summed E-state index contributed by atoms with van der Waals surface area (Å²) in [6, 6.07) is 20.9. The fourth-order valence-corrected chi connectivity index (χ4v) is 4.83. The second-order valence-electron chi connectivity index (χ2n) is 9.90. The summed E-state index contributed by atoms with van der Waals surface area (Å²) >= 11 is 0. The van der Waals surface area contributed by atoms with Gasteiger partial charge in [-0.25, -0.2) is 17.6 Å². The Kier molecular flexibility index (Phi) is 7.94. The maximum atomic E-state index is 15.0. The van der Waals surface area contributed by atoms with Crippen LogP contribution in [0.5, 0.6) is 0 Å². The molecule has 0 bridgehead atoms. The van der Waals surface area contributed by atoms with E-state index in [1.807, 2.05) is 0 Å². The molecule has 0 aliphatic carbocycles. The molecule has 1 fully saturated rings. The minimum absolute atomic E-state index is 0.106. The summed E-state index contributed by atoms with van der Waals surface area (Å²) < 4.78 is 64.1. The molecule has 4 aromatic rings. The molecule has 38 heavy (non-hydrogen) atoms. The summed E-state index contributed by atoms with van der Waals surface area (Å²) in [5.74, 6) is -3.62. The zero-order valence-corrected chi connectivity index (χ0v) is 21.4. The topological polar surface area (TPSA) is 12.5 Å². The smallest absolute Gasteiger partial charge is 0.167 e. The maximum absolute atomic E-state index is 15.0. The minimum atomic E-state index is -0.946. The van der Waals surface area contributed by atoms with E-state index in [-0.39, 0.29) is 22.8 Å². The lowest BCUT2D eigenvalue weighted by Gasteiger charge is -2.11. The molecule has 0 amide bonds. The number of ether oxygens (including phenoxy) is 1. The van der Waals surface area contributed by atoms with Gasteiger partial charge in [-0.15, -0.1) is 0 Å². The van der Waals surface area contributed by atoms with Crippen LogP contribution in [0, 0.1) is 23.3 Å². The molecule has 5 rings (SSSR count). The summed E-state index contributed by atoms with van der Waals surface area (Å²) in [6.45, 7) is 2.57. The van der Waals surface area contributed by atoms with Gasteiger partial charge >= 0.3 is 0 Å². The molecule has 196 valence electrons. The van der Waals surface area contributed by atoms with Crippen molar-refractivity contribution in [2.45, 2.75) is 51.6 Å². The van der Waals surface area contributed by atoms with Gasteiger partial charge < -0.3 is 4.74 Å². The Morgan fingerprint density at radius 1 is 0.605 bits per heavy atom. The molecule has 4 aromatic carbocycles. The van der Waals surface area contributed by atoms with Crippen molar-refractivity contribution in [3.05, 3.63) is 118 Å². The van der Waals surface area contributed by atoms with Crippen LogP contribution in [0.25, 0.3) is 22.3 Å². The summed E-state index contributed by atoms with van der Waals surface area (Å²) in [5.41, 5.74) is 4.06. The lowest BCUT2D eigenvalue weighted by molar-refractivity contribution is 0.401. The Hall–Kier alpha value is -3.44. The van der Waals surface area contributed by atoms with Crippen LogP contribution in [0.4, 0.5) is 17.6 Å². The highest BCUT2D eigenvalue weighted by Gasteiger charge is 2.30. The van der Waals surface area contributed by atoms with Crippen molar-refractivity contribution in [2.24, 2.45) is 0 Å². The van der Waals surface area contributed by atoms with Crippen molar-refractivity contribution in [2.75, 3.05) is 6.61 Å². The van der Waals surface area contributed by atoms with Crippen molar-refractivity contribution in [3.8, 4) is 22.3 Å². The van der Waals surface area contributed by atoms with Crippen molar-refractivity contribution in [1.82, 2.24) is 0 Å². The van der Waals surface area contributed by atoms with Crippen LogP contribution in [-0.4, -0.2) is 6.61 Å². The number of benzene rings is 4. The number of rotatable bonds is 10. The van der Waals surface area contributed by atoms with E-state index in [9.17, 15) is 13.2 Å². The van der Waals surface area contributed by atoms with Gasteiger partial charge in [0.15, 0.2) is 23.3 Å². The molecule has 1 heterocycles. The Morgan fingerprint density at radius 2 is 1.16 bits per heavy atom. The third kappa shape index (κ3) is 5.68. The third-order valence-corrected chi connectivity index (χ3v) is 7.24. The largest absolute Gasteiger partial charge is 0.368 e. The molecule has 0 aromatic heterocycles. The molecule has 1 saturated heterocycles. The highest BCUT2D eigenvalue weighted by Crippen LogP contribution is 2.36. The first-order valence-electron chi connectivity index (χ1n) is 13.2. The number of hydrogen-bond acceptors (Lipinski definition) is 1. The molecular formula is C33H30F4O. The molecule has 0 saturated carbocycles. The van der Waals surface area contributed by atoms with Crippen molar-refractivity contribution >= 4 is 0 Å². The molecule has 1 aliphatic heterocycles. The average Bonchev–Trinajstić information content (AvgIpc) is 3.78. The SMILES string of the molecule is CCCCCc1ccc(CCc2ccc(-c3ccc(-c4ccc(C5CO5)c(F)c4F)cc3)c(F)c2F)cc1. The molecule has 1 nitrogen and oxygen atoms in total. The zero-order valence-electron chi connectivity index (χ0n) is 21.4. The van der Waals surface area contributed by atoms with Gasteiger partial charge in [0, 0.05) is 16.7 Å². The predicted molar refractivity (Wildman–Crippen MR) is 143 cm³/mol. The third-order valence-electron chi connectivity index (χ3n) is 7.24. The van der Waals surface area contributed by atoms with Crippen LogP contribution in [0.2, 0.25) is 0 Å². The van der Waals surface area contributed by atoms with Gasteiger partial charge in [0.1, 0.15) is 6.10 Å². The monoisotopic (exact) mass is 518 g/mol. The summed E-state index contributed by atoms with van der Waals surface area (Å²) in [6.07, 6.45) is 5.27. The average molecular weight is 519 g/mol. The first-order chi connectivity index (χ1) is 18.5. The van der Waals surface area contributed by atoms with Crippen LogP contribution in [0.15, 0.2) is 72.8 Å². The Labute approximate surface area is 221 Å². The van der Waals surface area contributed by atoms with E-state index >= 15 is 4.39 Å². The highest BCUT2D eigenvalue weighted by molar-refractivity contribution is 5.71. The maximum Gasteiger partial charge on any atom is 0.167 e. The fraction of sp³-hybridized carbons (Fsp3) is 0.273. The van der Waals surface area contributed by atoms with Crippen LogP contribution < -0.4 is 0 Å². The molecule has 1 unspecified atom stereocenters. The standard InChI is InChI=1S/C33H30F4O/c1-2-3-4-5-21-6-8-22(9-7-21)10-11-25-16-17-26(31(35)30(25)34)23-12-14-24(15-13-23)27-18-19-28(29-20-38-29)33(37)32(27)36/h6-9,12-19,29H,2-5,10-11,20H2,1H3. The second kappa shape index (κ2) is 11.5. The van der Waals surface area contributed by atoms with E-state index in [2.05, 4.69) is 31.2 Å². The second-order valence-corrected chi connectivity index (χ2v) is 9.90. The van der Waals surface area contributed by atoms with E-state index in [1.54, 1.807) is 36.4 Å². The van der Waals surface area contributed by atoms with E-state index in [1.165, 1.54) is 37.0 Å². The molecule has 1 aliphatic rings. The van der Waals surface area contributed by atoms with Crippen LogP contribution in [0.3, 0.4) is 0 Å². The van der Waals surface area contributed by atoms with Crippen LogP contribution in [0.1, 0.15) is 54.5 Å². The first-order valence-corrected chi connectivity index (χ1v) is 13.2. The van der Waals surface area contributed by atoms with E-state index in [0.717, 1.165) is 12.0 Å². The highest BCUT2D eigenvalue weighted by atomic mass is 19.2. The van der Waals surface area contributed by atoms with Crippen molar-refractivity contribution in [3.63, 3.8) is 0 Å². The quantitative estimate of drug-likeness (QED) is 0.116. The normalized spacial score (nSPS) is 14.6. The van der Waals surface area contributed by atoms with Gasteiger partial charge in [0.05, 0.1) is 6.61 Å². The van der Waals surface area contributed by atoms with Gasteiger partial charge in [-0.3, -0.25) is 0 Å². The molecule has 0 radical (unpaired) electrons. The van der Waals surface area contributed by atoms with Gasteiger partial charge in [0.25, 0.3) is 0 Å². The minimum Gasteiger partial charge on any atom is -0.368 e. The molecular weight excluding hydrogens is 488 g/mol. The van der Waals surface area contributed by atoms with E-state index < -0.39 is 23.3 Å². The Morgan fingerprint density at radius 3 is 1.74 bits per heavy atom. The number of unbranched alkanes of at least 4 members (excludes halogenated alkanes) is 2. The van der Waals surface area contributed by atoms with Gasteiger partial charge in [-0.2, -0.15) is 0 Å².